The van der Waals surface area contributed by atoms with E-state index in [1.165, 1.54) is 0 Å². The molecule has 5 nitrogen and oxygen atoms in total. The summed E-state index contributed by atoms with van der Waals surface area (Å²) in [5, 5.41) is 3.03. The van der Waals surface area contributed by atoms with Crippen molar-refractivity contribution in [2.75, 3.05) is 45.8 Å². The predicted molar refractivity (Wildman–Crippen MR) is 116 cm³/mol. The van der Waals surface area contributed by atoms with Gasteiger partial charge in [-0.2, -0.15) is 0 Å². The molecule has 0 aliphatic carbocycles. The lowest BCUT2D eigenvalue weighted by Gasteiger charge is -2.34. The number of hydrogen-bond acceptors (Lipinski definition) is 4. The highest BCUT2D eigenvalue weighted by Crippen LogP contribution is 2.18. The van der Waals surface area contributed by atoms with E-state index in [2.05, 4.69) is 22.0 Å². The van der Waals surface area contributed by atoms with E-state index >= 15 is 0 Å². The minimum atomic E-state index is -0.260. The van der Waals surface area contributed by atoms with Gasteiger partial charge in [0.2, 0.25) is 5.91 Å². The summed E-state index contributed by atoms with van der Waals surface area (Å²) in [7, 11) is 0. The number of amides is 1. The third-order valence-electron chi connectivity index (χ3n) is 4.78. The van der Waals surface area contributed by atoms with E-state index in [0.717, 1.165) is 44.8 Å². The Labute approximate surface area is 176 Å². The number of piperazine rings is 1. The fourth-order valence-corrected chi connectivity index (χ4v) is 2.95. The average Bonchev–Trinajstić information content (AvgIpc) is 2.61. The maximum atomic E-state index is 12.3. The quantitative estimate of drug-likeness (QED) is 0.701. The zero-order valence-electron chi connectivity index (χ0n) is 15.6. The van der Waals surface area contributed by atoms with E-state index in [1.807, 2.05) is 37.3 Å². The molecule has 1 fully saturated rings. The zero-order valence-corrected chi connectivity index (χ0v) is 18.0. The van der Waals surface area contributed by atoms with Crippen LogP contribution in [0.15, 0.2) is 30.3 Å². The van der Waals surface area contributed by atoms with Crippen molar-refractivity contribution < 1.29 is 4.79 Å². The third-order valence-corrected chi connectivity index (χ3v) is 4.78. The maximum absolute atomic E-state index is 12.3. The van der Waals surface area contributed by atoms with E-state index in [-0.39, 0.29) is 55.1 Å². The van der Waals surface area contributed by atoms with Crippen LogP contribution < -0.4 is 11.1 Å². The molecule has 1 aromatic carbocycles. The molecule has 8 heteroatoms. The van der Waals surface area contributed by atoms with Crippen LogP contribution in [0, 0.1) is 5.92 Å². The summed E-state index contributed by atoms with van der Waals surface area (Å²) in [6, 6.07) is 9.55. The predicted octanol–water partition coefficient (Wildman–Crippen LogP) is 2.34. The highest BCUT2D eigenvalue weighted by molar-refractivity contribution is 5.86. The first kappa shape index (κ1) is 27.7. The highest BCUT2D eigenvalue weighted by atomic mass is 35.5. The first-order valence-electron chi connectivity index (χ1n) is 8.64. The van der Waals surface area contributed by atoms with Crippen LogP contribution in [-0.2, 0) is 4.79 Å². The van der Waals surface area contributed by atoms with Gasteiger partial charge in [-0.05, 0) is 12.1 Å². The van der Waals surface area contributed by atoms with Gasteiger partial charge in [0.15, 0.2) is 0 Å². The molecule has 1 heterocycles. The maximum Gasteiger partial charge on any atom is 0.224 e. The second kappa shape index (κ2) is 14.5. The molecule has 0 aromatic heterocycles. The van der Waals surface area contributed by atoms with Gasteiger partial charge in [0.05, 0.1) is 5.92 Å². The van der Waals surface area contributed by atoms with Gasteiger partial charge in [-0.1, -0.05) is 44.2 Å². The smallest absolute Gasteiger partial charge is 0.224 e. The number of hydrogen-bond donors (Lipinski definition) is 2. The van der Waals surface area contributed by atoms with Crippen molar-refractivity contribution in [3.63, 3.8) is 0 Å². The fraction of sp³-hybridized carbons (Fsp3) is 0.611. The van der Waals surface area contributed by atoms with Crippen molar-refractivity contribution in [2.24, 2.45) is 11.7 Å². The second-order valence-electron chi connectivity index (χ2n) is 6.29. The second-order valence-corrected chi connectivity index (χ2v) is 6.29. The Bertz CT molecular complexity index is 485. The van der Waals surface area contributed by atoms with Crippen molar-refractivity contribution in [3.05, 3.63) is 35.9 Å². The average molecular weight is 428 g/mol. The van der Waals surface area contributed by atoms with Crippen LogP contribution in [-0.4, -0.2) is 61.5 Å². The molecule has 1 aliphatic rings. The standard InChI is InChI=1S/C18H30N4O.3ClH/c1-3-21-11-13-22(14-12-21)10-9-20-18(23)15(2)17(19)16-7-5-4-6-8-16;;;/h4-8,15,17H,3,9-14,19H2,1-2H3,(H,20,23);3*1H. The number of nitrogens with one attached hydrogen (secondary N) is 1. The van der Waals surface area contributed by atoms with Crippen LogP contribution in [0.25, 0.3) is 0 Å². The number of likely N-dealkylation sites (N-methyl/N-ethyl adjacent to an activating group) is 1. The van der Waals surface area contributed by atoms with Crippen LogP contribution >= 0.6 is 37.2 Å². The molecular weight excluding hydrogens is 395 g/mol. The van der Waals surface area contributed by atoms with Crippen molar-refractivity contribution in [1.82, 2.24) is 15.1 Å². The highest BCUT2D eigenvalue weighted by Gasteiger charge is 2.22. The minimum Gasteiger partial charge on any atom is -0.355 e. The summed E-state index contributed by atoms with van der Waals surface area (Å²) in [4.78, 5) is 17.1. The number of carbonyl (C=O) groups is 1. The lowest BCUT2D eigenvalue weighted by Crippen LogP contribution is -2.48. The van der Waals surface area contributed by atoms with Crippen LogP contribution in [0.1, 0.15) is 25.5 Å². The Balaban J connectivity index is 0. The topological polar surface area (TPSA) is 61.6 Å². The van der Waals surface area contributed by atoms with E-state index in [0.29, 0.717) is 6.54 Å². The van der Waals surface area contributed by atoms with E-state index < -0.39 is 0 Å². The van der Waals surface area contributed by atoms with Gasteiger partial charge in [-0.25, -0.2) is 0 Å². The number of nitrogens with two attached hydrogens (primary N) is 1. The zero-order chi connectivity index (χ0) is 16.7. The van der Waals surface area contributed by atoms with Crippen molar-refractivity contribution in [1.29, 1.82) is 0 Å². The Morgan fingerprint density at radius 3 is 2.15 bits per heavy atom. The molecule has 152 valence electrons. The van der Waals surface area contributed by atoms with Gasteiger partial charge in [0, 0.05) is 45.3 Å². The van der Waals surface area contributed by atoms with Gasteiger partial charge >= 0.3 is 0 Å². The molecule has 1 aromatic rings. The van der Waals surface area contributed by atoms with E-state index in [4.69, 9.17) is 5.73 Å². The summed E-state index contributed by atoms with van der Waals surface area (Å²) in [5.41, 5.74) is 7.21. The van der Waals surface area contributed by atoms with Gasteiger partial charge in [0.1, 0.15) is 0 Å². The molecule has 1 saturated heterocycles. The SMILES string of the molecule is CCN1CCN(CCNC(=O)C(C)C(N)c2ccccc2)CC1.Cl.Cl.Cl. The van der Waals surface area contributed by atoms with Gasteiger partial charge < -0.3 is 16.0 Å². The molecule has 26 heavy (non-hydrogen) atoms. The van der Waals surface area contributed by atoms with Crippen molar-refractivity contribution >= 4 is 43.1 Å². The summed E-state index contributed by atoms with van der Waals surface area (Å²) in [6.45, 7) is 11.2. The molecule has 2 unspecified atom stereocenters. The van der Waals surface area contributed by atoms with Crippen LogP contribution in [0.4, 0.5) is 0 Å². The summed E-state index contributed by atoms with van der Waals surface area (Å²) < 4.78 is 0. The number of carbonyl (C=O) groups excluding carboxylic acids is 1. The monoisotopic (exact) mass is 426 g/mol. The number of benzene rings is 1. The fourth-order valence-electron chi connectivity index (χ4n) is 2.95. The molecule has 1 aliphatic heterocycles. The number of rotatable bonds is 7. The lowest BCUT2D eigenvalue weighted by molar-refractivity contribution is -0.125. The molecule has 0 spiro atoms. The molecule has 1 amide bonds. The van der Waals surface area contributed by atoms with Crippen LogP contribution in [0.2, 0.25) is 0 Å². The molecule has 2 rings (SSSR count). The van der Waals surface area contributed by atoms with Crippen molar-refractivity contribution in [3.8, 4) is 0 Å². The summed E-state index contributed by atoms with van der Waals surface area (Å²) in [6.07, 6.45) is 0. The Morgan fingerprint density at radius 2 is 1.62 bits per heavy atom. The van der Waals surface area contributed by atoms with Crippen molar-refractivity contribution in [2.45, 2.75) is 19.9 Å². The molecule has 0 radical (unpaired) electrons. The van der Waals surface area contributed by atoms with E-state index in [9.17, 15) is 4.79 Å². The number of nitrogens with zero attached hydrogens (tertiary/aromatic N) is 2. The Kier molecular flexibility index (Phi) is 15.4. The molecule has 2 atom stereocenters. The third kappa shape index (κ3) is 8.42. The largest absolute Gasteiger partial charge is 0.355 e. The number of halogens is 3. The van der Waals surface area contributed by atoms with Gasteiger partial charge in [-0.3, -0.25) is 9.69 Å². The summed E-state index contributed by atoms with van der Waals surface area (Å²) in [5.74, 6) is -0.192. The lowest BCUT2D eigenvalue weighted by atomic mass is 9.95. The summed E-state index contributed by atoms with van der Waals surface area (Å²) >= 11 is 0. The Hall–Kier alpha value is -0.560. The van der Waals surface area contributed by atoms with Gasteiger partial charge in [-0.15, -0.1) is 37.2 Å². The normalized spacial score (nSPS) is 17.0. The van der Waals surface area contributed by atoms with Crippen LogP contribution in [0.5, 0.6) is 0 Å². The van der Waals surface area contributed by atoms with E-state index in [1.54, 1.807) is 0 Å². The molecular formula is C18H33Cl3N4O. The first-order valence-corrected chi connectivity index (χ1v) is 8.64. The molecule has 0 saturated carbocycles. The van der Waals surface area contributed by atoms with Gasteiger partial charge in [0.25, 0.3) is 0 Å². The van der Waals surface area contributed by atoms with Crippen LogP contribution in [0.3, 0.4) is 0 Å². The first-order chi connectivity index (χ1) is 11.1. The molecule has 3 N–H and O–H groups in total. The molecule has 0 bridgehead atoms. The minimum absolute atomic E-state index is 0. The Morgan fingerprint density at radius 1 is 1.08 bits per heavy atom.